The normalized spacial score (nSPS) is 9.57. The molecule has 0 aliphatic heterocycles. The molecule has 3 heteroatoms. The van der Waals surface area contributed by atoms with E-state index in [1.807, 2.05) is 12.1 Å². The van der Waals surface area contributed by atoms with Crippen LogP contribution in [0.4, 0.5) is 4.79 Å². The molecule has 75 valence electrons. The Hall–Kier alpha value is -1.51. The minimum atomic E-state index is -0.711. The summed E-state index contributed by atoms with van der Waals surface area (Å²) in [5, 5.41) is 0. The minimum Gasteiger partial charge on any atom is -0.427 e. The van der Waals surface area contributed by atoms with E-state index in [4.69, 9.17) is 4.74 Å². The van der Waals surface area contributed by atoms with Gasteiger partial charge in [0.1, 0.15) is 12.4 Å². The number of carbonyl (C=O) groups is 1. The Morgan fingerprint density at radius 1 is 1.36 bits per heavy atom. The molecule has 0 spiro atoms. The third kappa shape index (κ3) is 3.09. The van der Waals surface area contributed by atoms with Crippen molar-refractivity contribution in [1.29, 1.82) is 0 Å². The Kier molecular flexibility index (Phi) is 3.98. The molecule has 0 aliphatic rings. The molecular formula is C11H13O3. The van der Waals surface area contributed by atoms with Crippen LogP contribution in [0.1, 0.15) is 19.4 Å². The van der Waals surface area contributed by atoms with Gasteiger partial charge < -0.3 is 9.47 Å². The zero-order chi connectivity index (χ0) is 10.4. The number of hydrogen-bond donors (Lipinski definition) is 0. The zero-order valence-electron chi connectivity index (χ0n) is 8.32. The quantitative estimate of drug-likeness (QED) is 0.547. The molecule has 0 saturated heterocycles. The van der Waals surface area contributed by atoms with Gasteiger partial charge >= 0.3 is 6.16 Å². The van der Waals surface area contributed by atoms with E-state index >= 15 is 0 Å². The standard InChI is InChI=1S/C11H13O3/c1-3-9-5-7-10(8-6-9)14-11(12)13-4-2/h4-8H,3H2,1-2H3. The molecule has 0 unspecified atom stereocenters. The molecule has 14 heavy (non-hydrogen) atoms. The van der Waals surface area contributed by atoms with Gasteiger partial charge in [-0.1, -0.05) is 19.1 Å². The van der Waals surface area contributed by atoms with Crippen molar-refractivity contribution in [1.82, 2.24) is 0 Å². The summed E-state index contributed by atoms with van der Waals surface area (Å²) in [5.74, 6) is 0.494. The van der Waals surface area contributed by atoms with Crippen molar-refractivity contribution in [2.24, 2.45) is 0 Å². The summed E-state index contributed by atoms with van der Waals surface area (Å²) in [7, 11) is 0. The third-order valence-corrected chi connectivity index (χ3v) is 1.75. The van der Waals surface area contributed by atoms with E-state index in [9.17, 15) is 4.79 Å². The summed E-state index contributed by atoms with van der Waals surface area (Å²) < 4.78 is 9.38. The van der Waals surface area contributed by atoms with E-state index < -0.39 is 6.16 Å². The number of aryl methyl sites for hydroxylation is 1. The summed E-state index contributed by atoms with van der Waals surface area (Å²) in [6, 6.07) is 7.32. The highest BCUT2D eigenvalue weighted by Gasteiger charge is 2.03. The fourth-order valence-corrected chi connectivity index (χ4v) is 1.01. The molecule has 0 heterocycles. The van der Waals surface area contributed by atoms with E-state index in [2.05, 4.69) is 11.7 Å². The van der Waals surface area contributed by atoms with Crippen LogP contribution >= 0.6 is 0 Å². The molecule has 3 nitrogen and oxygen atoms in total. The number of rotatable bonds is 3. The first-order valence-corrected chi connectivity index (χ1v) is 4.51. The van der Waals surface area contributed by atoms with Gasteiger partial charge in [0.2, 0.25) is 0 Å². The fraction of sp³-hybridized carbons (Fsp3) is 0.273. The van der Waals surface area contributed by atoms with E-state index in [1.165, 1.54) is 12.2 Å². The zero-order valence-corrected chi connectivity index (χ0v) is 8.32. The first kappa shape index (κ1) is 10.6. The second-order valence-corrected chi connectivity index (χ2v) is 2.70. The van der Waals surface area contributed by atoms with Crippen molar-refractivity contribution in [3.63, 3.8) is 0 Å². The lowest BCUT2D eigenvalue weighted by Crippen LogP contribution is -2.07. The molecule has 0 bridgehead atoms. The maximum Gasteiger partial charge on any atom is 0.514 e. The summed E-state index contributed by atoms with van der Waals surface area (Å²) in [4.78, 5) is 10.9. The lowest BCUT2D eigenvalue weighted by Gasteiger charge is -2.03. The molecule has 0 fully saturated rings. The highest BCUT2D eigenvalue weighted by Crippen LogP contribution is 2.13. The molecule has 0 amide bonds. The average molecular weight is 193 g/mol. The van der Waals surface area contributed by atoms with Gasteiger partial charge in [-0.3, -0.25) is 0 Å². The van der Waals surface area contributed by atoms with Crippen molar-refractivity contribution < 1.29 is 14.3 Å². The van der Waals surface area contributed by atoms with Crippen LogP contribution in [0, 0.1) is 6.61 Å². The molecule has 1 rings (SSSR count). The summed E-state index contributed by atoms with van der Waals surface area (Å²) in [6.07, 6.45) is 0.254. The van der Waals surface area contributed by atoms with Gasteiger partial charge in [-0.25, -0.2) is 4.79 Å². The number of hydrogen-bond acceptors (Lipinski definition) is 3. The number of carbonyl (C=O) groups excluding carboxylic acids is 1. The Bertz CT molecular complexity index is 290. The second kappa shape index (κ2) is 5.27. The molecule has 1 aromatic carbocycles. The average Bonchev–Trinajstić information content (AvgIpc) is 2.19. The molecule has 0 atom stereocenters. The van der Waals surface area contributed by atoms with Crippen LogP contribution in [-0.4, -0.2) is 6.16 Å². The largest absolute Gasteiger partial charge is 0.514 e. The molecule has 0 saturated carbocycles. The van der Waals surface area contributed by atoms with Gasteiger partial charge in [0.25, 0.3) is 0 Å². The highest BCUT2D eigenvalue weighted by molar-refractivity contribution is 5.64. The summed E-state index contributed by atoms with van der Waals surface area (Å²) in [5.41, 5.74) is 1.20. The predicted octanol–water partition coefficient (Wildman–Crippen LogP) is 2.95. The monoisotopic (exact) mass is 193 g/mol. The lowest BCUT2D eigenvalue weighted by atomic mass is 10.2. The number of ether oxygens (including phenoxy) is 2. The third-order valence-electron chi connectivity index (χ3n) is 1.75. The molecule has 0 N–H and O–H groups in total. The molecule has 0 aliphatic carbocycles. The summed E-state index contributed by atoms with van der Waals surface area (Å²) >= 11 is 0. The van der Waals surface area contributed by atoms with Crippen LogP contribution in [0.5, 0.6) is 5.75 Å². The highest BCUT2D eigenvalue weighted by atomic mass is 16.7. The van der Waals surface area contributed by atoms with Crippen molar-refractivity contribution in [2.75, 3.05) is 0 Å². The van der Waals surface area contributed by atoms with Crippen molar-refractivity contribution in [2.45, 2.75) is 20.3 Å². The van der Waals surface area contributed by atoms with Gasteiger partial charge in [0, 0.05) is 0 Å². The first-order chi connectivity index (χ1) is 6.76. The topological polar surface area (TPSA) is 35.5 Å². The van der Waals surface area contributed by atoms with E-state index in [0.717, 1.165) is 6.42 Å². The van der Waals surface area contributed by atoms with Gasteiger partial charge in [-0.05, 0) is 31.0 Å². The molecule has 0 aromatic heterocycles. The molecular weight excluding hydrogens is 180 g/mol. The van der Waals surface area contributed by atoms with Crippen LogP contribution in [0.25, 0.3) is 0 Å². The van der Waals surface area contributed by atoms with Crippen LogP contribution in [-0.2, 0) is 11.2 Å². The van der Waals surface area contributed by atoms with Gasteiger partial charge in [0.15, 0.2) is 0 Å². The Morgan fingerprint density at radius 2 is 2.00 bits per heavy atom. The van der Waals surface area contributed by atoms with Crippen molar-refractivity contribution in [3.05, 3.63) is 36.4 Å². The Morgan fingerprint density at radius 3 is 2.50 bits per heavy atom. The fourth-order valence-electron chi connectivity index (χ4n) is 1.01. The maximum atomic E-state index is 10.9. The van der Waals surface area contributed by atoms with Gasteiger partial charge in [-0.15, -0.1) is 0 Å². The second-order valence-electron chi connectivity index (χ2n) is 2.70. The van der Waals surface area contributed by atoms with E-state index in [1.54, 1.807) is 19.1 Å². The van der Waals surface area contributed by atoms with E-state index in [0.29, 0.717) is 5.75 Å². The van der Waals surface area contributed by atoms with Crippen LogP contribution < -0.4 is 4.74 Å². The first-order valence-electron chi connectivity index (χ1n) is 4.51. The van der Waals surface area contributed by atoms with Crippen LogP contribution in [0.15, 0.2) is 24.3 Å². The van der Waals surface area contributed by atoms with Crippen LogP contribution in [0.3, 0.4) is 0 Å². The van der Waals surface area contributed by atoms with Crippen LogP contribution in [0.2, 0.25) is 0 Å². The predicted molar refractivity (Wildman–Crippen MR) is 52.9 cm³/mol. The maximum absolute atomic E-state index is 10.9. The minimum absolute atomic E-state index is 0.494. The van der Waals surface area contributed by atoms with Gasteiger partial charge in [-0.2, -0.15) is 0 Å². The lowest BCUT2D eigenvalue weighted by molar-refractivity contribution is 0.124. The number of benzene rings is 1. The SMILES string of the molecule is C[CH]OC(=O)Oc1ccc(CC)cc1. The van der Waals surface area contributed by atoms with Crippen molar-refractivity contribution in [3.8, 4) is 5.75 Å². The van der Waals surface area contributed by atoms with Crippen molar-refractivity contribution >= 4 is 6.16 Å². The summed E-state index contributed by atoms with van der Waals surface area (Å²) in [6.45, 7) is 4.96. The van der Waals surface area contributed by atoms with E-state index in [-0.39, 0.29) is 0 Å². The Balaban J connectivity index is 2.55. The Labute approximate surface area is 83.6 Å². The molecule has 1 radical (unpaired) electrons. The van der Waals surface area contributed by atoms with Gasteiger partial charge in [0.05, 0.1) is 0 Å². The smallest absolute Gasteiger partial charge is 0.427 e. The molecule has 1 aromatic rings.